The molecule has 0 saturated heterocycles. The van der Waals surface area contributed by atoms with E-state index in [4.69, 9.17) is 16.3 Å². The number of para-hydroxylation sites is 2. The third-order valence-electron chi connectivity index (χ3n) is 2.19. The average Bonchev–Trinajstić information content (AvgIpc) is 2.31. The quantitative estimate of drug-likeness (QED) is 0.619. The van der Waals surface area contributed by atoms with E-state index in [2.05, 4.69) is 0 Å². The Kier molecular flexibility index (Phi) is 3.43. The van der Waals surface area contributed by atoms with Crippen molar-refractivity contribution in [2.75, 3.05) is 0 Å². The van der Waals surface area contributed by atoms with Gasteiger partial charge in [-0.25, -0.2) is 0 Å². The van der Waals surface area contributed by atoms with E-state index in [-0.39, 0.29) is 16.5 Å². The van der Waals surface area contributed by atoms with Crippen molar-refractivity contribution in [3.05, 3.63) is 63.4 Å². The minimum Gasteiger partial charge on any atom is -0.448 e. The molecule has 2 aromatic carbocycles. The van der Waals surface area contributed by atoms with E-state index >= 15 is 0 Å². The highest BCUT2D eigenvalue weighted by Crippen LogP contribution is 2.35. The third kappa shape index (κ3) is 2.41. The fourth-order valence-electron chi connectivity index (χ4n) is 1.40. The maximum absolute atomic E-state index is 13.3. The second kappa shape index (κ2) is 5.01. The van der Waals surface area contributed by atoms with Gasteiger partial charge >= 0.3 is 5.69 Å². The molecule has 0 unspecified atom stereocenters. The highest BCUT2D eigenvalue weighted by atomic mass is 35.5. The minimum atomic E-state index is -0.954. The molecule has 0 fully saturated rings. The van der Waals surface area contributed by atoms with Crippen molar-refractivity contribution in [1.29, 1.82) is 0 Å². The van der Waals surface area contributed by atoms with Crippen LogP contribution < -0.4 is 4.74 Å². The molecule has 0 bridgehead atoms. The van der Waals surface area contributed by atoms with E-state index in [1.165, 1.54) is 18.2 Å². The topological polar surface area (TPSA) is 52.4 Å². The first-order valence-corrected chi connectivity index (χ1v) is 5.32. The second-order valence-electron chi connectivity index (χ2n) is 3.38. The predicted molar refractivity (Wildman–Crippen MR) is 64.6 cm³/mol. The van der Waals surface area contributed by atoms with E-state index in [1.807, 2.05) is 0 Å². The van der Waals surface area contributed by atoms with Crippen molar-refractivity contribution in [1.82, 2.24) is 0 Å². The molecule has 4 nitrogen and oxygen atoms in total. The smallest absolute Gasteiger partial charge is 0.346 e. The maximum Gasteiger partial charge on any atom is 0.346 e. The molecule has 0 atom stereocenters. The van der Waals surface area contributed by atoms with E-state index in [1.54, 1.807) is 18.2 Å². The van der Waals surface area contributed by atoms with Crippen LogP contribution in [0.1, 0.15) is 0 Å². The van der Waals surface area contributed by atoms with E-state index in [0.29, 0.717) is 0 Å². The van der Waals surface area contributed by atoms with Crippen LogP contribution in [0, 0.1) is 15.9 Å². The number of halogens is 2. The largest absolute Gasteiger partial charge is 0.448 e. The van der Waals surface area contributed by atoms with E-state index in [0.717, 1.165) is 6.07 Å². The summed E-state index contributed by atoms with van der Waals surface area (Å²) < 4.78 is 18.6. The Morgan fingerprint density at radius 1 is 1.11 bits per heavy atom. The molecule has 0 spiro atoms. The SMILES string of the molecule is O=[N+]([O-])c1c(F)cccc1Oc1ccccc1Cl. The number of rotatable bonds is 3. The zero-order chi connectivity index (χ0) is 13.1. The highest BCUT2D eigenvalue weighted by Gasteiger charge is 2.22. The van der Waals surface area contributed by atoms with Gasteiger partial charge < -0.3 is 4.74 Å². The van der Waals surface area contributed by atoms with Crippen molar-refractivity contribution < 1.29 is 14.1 Å². The van der Waals surface area contributed by atoms with Gasteiger partial charge in [0.15, 0.2) is 0 Å². The predicted octanol–water partition coefficient (Wildman–Crippen LogP) is 4.18. The monoisotopic (exact) mass is 267 g/mol. The number of ether oxygens (including phenoxy) is 1. The van der Waals surface area contributed by atoms with Gasteiger partial charge in [0.2, 0.25) is 11.6 Å². The van der Waals surface area contributed by atoms with Crippen molar-refractivity contribution in [3.63, 3.8) is 0 Å². The molecule has 0 saturated carbocycles. The Bertz CT molecular complexity index is 604. The normalized spacial score (nSPS) is 10.1. The molecule has 2 rings (SSSR count). The van der Waals surface area contributed by atoms with Gasteiger partial charge in [-0.3, -0.25) is 10.1 Å². The second-order valence-corrected chi connectivity index (χ2v) is 3.78. The lowest BCUT2D eigenvalue weighted by atomic mass is 10.3. The minimum absolute atomic E-state index is 0.187. The van der Waals surface area contributed by atoms with Crippen molar-refractivity contribution in [2.45, 2.75) is 0 Å². The summed E-state index contributed by atoms with van der Waals surface area (Å²) in [6.45, 7) is 0. The van der Waals surface area contributed by atoms with Gasteiger partial charge in [-0.2, -0.15) is 4.39 Å². The molecule has 2 aromatic rings. The van der Waals surface area contributed by atoms with Crippen molar-refractivity contribution in [3.8, 4) is 11.5 Å². The number of nitrogens with zero attached hydrogens (tertiary/aromatic N) is 1. The van der Waals surface area contributed by atoms with Crippen LogP contribution in [0.4, 0.5) is 10.1 Å². The van der Waals surface area contributed by atoms with Gasteiger partial charge in [0.1, 0.15) is 5.75 Å². The summed E-state index contributed by atoms with van der Waals surface area (Å²) in [5, 5.41) is 11.1. The average molecular weight is 268 g/mol. The summed E-state index contributed by atoms with van der Waals surface area (Å²) in [6.07, 6.45) is 0. The van der Waals surface area contributed by atoms with Gasteiger partial charge in [0, 0.05) is 0 Å². The van der Waals surface area contributed by atoms with E-state index < -0.39 is 16.4 Å². The number of nitro groups is 1. The Hall–Kier alpha value is -2.14. The molecule has 0 aliphatic rings. The molecule has 0 aliphatic heterocycles. The molecule has 18 heavy (non-hydrogen) atoms. The number of hydrogen-bond donors (Lipinski definition) is 0. The molecule has 0 aromatic heterocycles. The van der Waals surface area contributed by atoms with Gasteiger partial charge in [-0.15, -0.1) is 0 Å². The van der Waals surface area contributed by atoms with Gasteiger partial charge in [-0.1, -0.05) is 29.8 Å². The van der Waals surface area contributed by atoms with Crippen LogP contribution in [0.15, 0.2) is 42.5 Å². The Morgan fingerprint density at radius 3 is 2.44 bits per heavy atom. The molecule has 6 heteroatoms. The van der Waals surface area contributed by atoms with Crippen molar-refractivity contribution >= 4 is 17.3 Å². The zero-order valence-corrected chi connectivity index (χ0v) is 9.73. The number of hydrogen-bond acceptors (Lipinski definition) is 3. The Balaban J connectivity index is 2.44. The number of nitro benzene ring substituents is 1. The van der Waals surface area contributed by atoms with E-state index in [9.17, 15) is 14.5 Å². The lowest BCUT2D eigenvalue weighted by molar-refractivity contribution is -0.388. The number of benzene rings is 2. The van der Waals surface area contributed by atoms with Crippen LogP contribution >= 0.6 is 11.6 Å². The van der Waals surface area contributed by atoms with Crippen LogP contribution in [0.25, 0.3) is 0 Å². The lowest BCUT2D eigenvalue weighted by Crippen LogP contribution is -1.96. The molecule has 0 amide bonds. The van der Waals surface area contributed by atoms with Crippen molar-refractivity contribution in [2.24, 2.45) is 0 Å². The van der Waals surface area contributed by atoms with Crippen LogP contribution in [-0.2, 0) is 0 Å². The zero-order valence-electron chi connectivity index (χ0n) is 8.97. The summed E-state index contributed by atoms with van der Waals surface area (Å²) in [5.41, 5.74) is -0.711. The van der Waals surface area contributed by atoms with Gasteiger partial charge in [-0.05, 0) is 24.3 Å². The lowest BCUT2D eigenvalue weighted by Gasteiger charge is -2.07. The summed E-state index contributed by atoms with van der Waals surface area (Å²) in [7, 11) is 0. The Morgan fingerprint density at radius 2 is 1.78 bits per heavy atom. The molecule has 0 aliphatic carbocycles. The van der Waals surface area contributed by atoms with Gasteiger partial charge in [0.25, 0.3) is 0 Å². The molecular weight excluding hydrogens is 261 g/mol. The van der Waals surface area contributed by atoms with Gasteiger partial charge in [0.05, 0.1) is 9.95 Å². The molecule has 0 heterocycles. The summed E-state index contributed by atoms with van der Waals surface area (Å²) in [6, 6.07) is 10.1. The summed E-state index contributed by atoms with van der Waals surface area (Å²) in [4.78, 5) is 9.94. The first kappa shape index (κ1) is 12.3. The third-order valence-corrected chi connectivity index (χ3v) is 2.50. The van der Waals surface area contributed by atoms with Crippen LogP contribution in [0.2, 0.25) is 5.02 Å². The molecule has 0 N–H and O–H groups in total. The molecule has 92 valence electrons. The van der Waals surface area contributed by atoms with Crippen LogP contribution in [0.5, 0.6) is 11.5 Å². The highest BCUT2D eigenvalue weighted by molar-refractivity contribution is 6.32. The maximum atomic E-state index is 13.3. The first-order chi connectivity index (χ1) is 8.59. The van der Waals surface area contributed by atoms with Crippen LogP contribution in [0.3, 0.4) is 0 Å². The van der Waals surface area contributed by atoms with Crippen LogP contribution in [-0.4, -0.2) is 4.92 Å². The molecular formula is C12H7ClFNO3. The standard InChI is InChI=1S/C12H7ClFNO3/c13-8-4-1-2-6-10(8)18-11-7-3-5-9(14)12(11)15(16)17/h1-7H. The fraction of sp³-hybridized carbons (Fsp3) is 0. The first-order valence-electron chi connectivity index (χ1n) is 4.95. The summed E-state index contributed by atoms with van der Waals surface area (Å²) in [5.74, 6) is -0.912. The molecule has 0 radical (unpaired) electrons. The summed E-state index contributed by atoms with van der Waals surface area (Å²) >= 11 is 5.86. The Labute approximate surface area is 107 Å². The fourth-order valence-corrected chi connectivity index (χ4v) is 1.58.